The van der Waals surface area contributed by atoms with Crippen LogP contribution in [-0.4, -0.2) is 6.04 Å². The minimum atomic E-state index is -0.391. The van der Waals surface area contributed by atoms with Crippen LogP contribution >= 0.6 is 11.6 Å². The van der Waals surface area contributed by atoms with Crippen LogP contribution < -0.4 is 11.4 Å². The molecule has 0 bridgehead atoms. The number of hydrogen-bond donors (Lipinski definition) is 1. The fourth-order valence-electron chi connectivity index (χ4n) is 1.73. The number of para-hydroxylation sites is 1. The van der Waals surface area contributed by atoms with Crippen molar-refractivity contribution in [2.75, 3.05) is 0 Å². The minimum Gasteiger partial charge on any atom is -0.422 e. The van der Waals surface area contributed by atoms with Crippen molar-refractivity contribution in [2.24, 2.45) is 5.73 Å². The van der Waals surface area contributed by atoms with Crippen molar-refractivity contribution in [3.05, 3.63) is 45.3 Å². The molecule has 0 aliphatic carbocycles. The molecule has 0 radical (unpaired) electrons. The molecular formula is C13H14ClNO2. The van der Waals surface area contributed by atoms with Crippen LogP contribution in [0.5, 0.6) is 0 Å². The van der Waals surface area contributed by atoms with Gasteiger partial charge in [0.1, 0.15) is 5.58 Å². The Labute approximate surface area is 104 Å². The summed E-state index contributed by atoms with van der Waals surface area (Å²) in [7, 11) is 0. The highest BCUT2D eigenvalue weighted by atomic mass is 35.5. The number of hydrogen-bond acceptors (Lipinski definition) is 3. The highest BCUT2D eigenvalue weighted by molar-refractivity contribution is 6.35. The molecule has 1 atom stereocenters. The van der Waals surface area contributed by atoms with Gasteiger partial charge in [-0.1, -0.05) is 30.7 Å². The predicted octanol–water partition coefficient (Wildman–Crippen LogP) is 2.73. The molecular weight excluding hydrogens is 238 g/mol. The Morgan fingerprint density at radius 3 is 2.82 bits per heavy atom. The van der Waals surface area contributed by atoms with E-state index in [2.05, 4.69) is 0 Å². The van der Waals surface area contributed by atoms with E-state index in [0.29, 0.717) is 22.6 Å². The number of rotatable bonds is 3. The van der Waals surface area contributed by atoms with Crippen molar-refractivity contribution < 1.29 is 4.42 Å². The highest BCUT2D eigenvalue weighted by Gasteiger charge is 2.14. The van der Waals surface area contributed by atoms with Crippen LogP contribution in [0.15, 0.2) is 33.5 Å². The summed E-state index contributed by atoms with van der Waals surface area (Å²) in [5.74, 6) is 0. The van der Waals surface area contributed by atoms with Crippen molar-refractivity contribution in [2.45, 2.75) is 25.8 Å². The zero-order chi connectivity index (χ0) is 12.4. The van der Waals surface area contributed by atoms with Crippen molar-refractivity contribution >= 4 is 22.6 Å². The first-order valence-corrected chi connectivity index (χ1v) is 5.97. The van der Waals surface area contributed by atoms with Crippen LogP contribution in [0.2, 0.25) is 5.02 Å². The second-order valence-electron chi connectivity index (χ2n) is 4.05. The first-order valence-electron chi connectivity index (χ1n) is 5.59. The Bertz CT molecular complexity index is 591. The van der Waals surface area contributed by atoms with E-state index in [1.54, 1.807) is 12.1 Å². The Hall–Kier alpha value is -1.32. The van der Waals surface area contributed by atoms with Crippen molar-refractivity contribution in [1.82, 2.24) is 0 Å². The Morgan fingerprint density at radius 2 is 2.12 bits per heavy atom. The van der Waals surface area contributed by atoms with Crippen molar-refractivity contribution in [3.63, 3.8) is 0 Å². The molecule has 0 saturated carbocycles. The van der Waals surface area contributed by atoms with Gasteiger partial charge in [0, 0.05) is 11.4 Å². The molecule has 0 aliphatic rings. The fraction of sp³-hybridized carbons (Fsp3) is 0.308. The minimum absolute atomic E-state index is 0.0726. The van der Waals surface area contributed by atoms with Gasteiger partial charge in [0.05, 0.1) is 10.6 Å². The molecule has 0 fully saturated rings. The van der Waals surface area contributed by atoms with Crippen molar-refractivity contribution in [1.29, 1.82) is 0 Å². The molecule has 4 heteroatoms. The standard InChI is InChI=1S/C13H14ClNO2/c1-2-8(15)7-10-12(14)9-5-3-4-6-11(9)17-13(10)16/h3-6,8H,2,7,15H2,1H3. The Kier molecular flexibility index (Phi) is 3.50. The maximum Gasteiger partial charge on any atom is 0.341 e. The van der Waals surface area contributed by atoms with Gasteiger partial charge in [-0.15, -0.1) is 0 Å². The largest absolute Gasteiger partial charge is 0.422 e. The SMILES string of the molecule is CCC(N)Cc1c(Cl)c2ccccc2oc1=O. The smallest absolute Gasteiger partial charge is 0.341 e. The van der Waals surface area contributed by atoms with E-state index in [9.17, 15) is 4.79 Å². The third kappa shape index (κ3) is 2.35. The first-order chi connectivity index (χ1) is 8.13. The van der Waals surface area contributed by atoms with E-state index in [1.165, 1.54) is 0 Å². The van der Waals surface area contributed by atoms with Gasteiger partial charge in [-0.3, -0.25) is 0 Å². The third-order valence-corrected chi connectivity index (χ3v) is 3.26. The molecule has 2 aromatic rings. The number of benzene rings is 1. The molecule has 2 N–H and O–H groups in total. The lowest BCUT2D eigenvalue weighted by molar-refractivity contribution is 0.538. The lowest BCUT2D eigenvalue weighted by atomic mass is 10.0. The fourth-order valence-corrected chi connectivity index (χ4v) is 2.04. The van der Waals surface area contributed by atoms with Crippen LogP contribution in [0.1, 0.15) is 18.9 Å². The molecule has 90 valence electrons. The highest BCUT2D eigenvalue weighted by Crippen LogP contribution is 2.25. The number of halogens is 1. The summed E-state index contributed by atoms with van der Waals surface area (Å²) in [6.07, 6.45) is 1.24. The van der Waals surface area contributed by atoms with Crippen LogP contribution in [0.3, 0.4) is 0 Å². The second-order valence-corrected chi connectivity index (χ2v) is 4.43. The zero-order valence-corrected chi connectivity index (χ0v) is 10.3. The average Bonchev–Trinajstić information content (AvgIpc) is 2.34. The zero-order valence-electron chi connectivity index (χ0n) is 9.57. The number of nitrogens with two attached hydrogens (primary N) is 1. The Morgan fingerprint density at radius 1 is 1.41 bits per heavy atom. The summed E-state index contributed by atoms with van der Waals surface area (Å²) in [6, 6.07) is 7.15. The normalized spacial score (nSPS) is 12.9. The van der Waals surface area contributed by atoms with Crippen LogP contribution in [0, 0.1) is 0 Å². The van der Waals surface area contributed by atoms with Gasteiger partial charge >= 0.3 is 5.63 Å². The van der Waals surface area contributed by atoms with Gasteiger partial charge < -0.3 is 10.2 Å². The summed E-state index contributed by atoms with van der Waals surface area (Å²) in [4.78, 5) is 11.8. The van der Waals surface area contributed by atoms with E-state index >= 15 is 0 Å². The molecule has 0 saturated heterocycles. The molecule has 1 unspecified atom stereocenters. The van der Waals surface area contributed by atoms with E-state index in [0.717, 1.165) is 11.8 Å². The topological polar surface area (TPSA) is 56.2 Å². The molecule has 0 spiro atoms. The van der Waals surface area contributed by atoms with E-state index in [-0.39, 0.29) is 6.04 Å². The summed E-state index contributed by atoms with van der Waals surface area (Å²) in [5.41, 5.74) is 6.44. The van der Waals surface area contributed by atoms with Crippen molar-refractivity contribution in [3.8, 4) is 0 Å². The van der Waals surface area contributed by atoms with Gasteiger partial charge in [0.2, 0.25) is 0 Å². The average molecular weight is 252 g/mol. The van der Waals surface area contributed by atoms with Crippen LogP contribution in [-0.2, 0) is 6.42 Å². The number of fused-ring (bicyclic) bond motifs is 1. The molecule has 17 heavy (non-hydrogen) atoms. The molecule has 1 aromatic carbocycles. The summed E-state index contributed by atoms with van der Waals surface area (Å²) >= 11 is 6.23. The predicted molar refractivity (Wildman–Crippen MR) is 69.5 cm³/mol. The third-order valence-electron chi connectivity index (χ3n) is 2.83. The van der Waals surface area contributed by atoms with Gasteiger partial charge in [0.15, 0.2) is 0 Å². The van der Waals surface area contributed by atoms with E-state index in [4.69, 9.17) is 21.8 Å². The van der Waals surface area contributed by atoms with E-state index in [1.807, 2.05) is 19.1 Å². The molecule has 1 heterocycles. The summed E-state index contributed by atoms with van der Waals surface area (Å²) < 4.78 is 5.22. The second kappa shape index (κ2) is 4.90. The summed E-state index contributed by atoms with van der Waals surface area (Å²) in [5, 5.41) is 1.22. The lowest BCUT2D eigenvalue weighted by Crippen LogP contribution is -2.25. The van der Waals surface area contributed by atoms with E-state index < -0.39 is 5.63 Å². The molecule has 0 amide bonds. The molecule has 2 rings (SSSR count). The maximum atomic E-state index is 11.8. The quantitative estimate of drug-likeness (QED) is 0.854. The van der Waals surface area contributed by atoms with Crippen LogP contribution in [0.25, 0.3) is 11.0 Å². The van der Waals surface area contributed by atoms with Gasteiger partial charge in [-0.2, -0.15) is 0 Å². The molecule has 0 aliphatic heterocycles. The monoisotopic (exact) mass is 251 g/mol. The molecule has 3 nitrogen and oxygen atoms in total. The van der Waals surface area contributed by atoms with Gasteiger partial charge in [-0.05, 0) is 25.0 Å². The van der Waals surface area contributed by atoms with Crippen LogP contribution in [0.4, 0.5) is 0 Å². The lowest BCUT2D eigenvalue weighted by Gasteiger charge is -2.10. The molecule has 1 aromatic heterocycles. The Balaban J connectivity index is 2.60. The summed E-state index contributed by atoms with van der Waals surface area (Å²) in [6.45, 7) is 1.97. The maximum absolute atomic E-state index is 11.8. The first kappa shape index (κ1) is 12.1. The van der Waals surface area contributed by atoms with Gasteiger partial charge in [0.25, 0.3) is 0 Å². The van der Waals surface area contributed by atoms with Gasteiger partial charge in [-0.25, -0.2) is 4.79 Å².